The molecular formula is C20H19ClF6N2O3. The van der Waals surface area contributed by atoms with Gasteiger partial charge >= 0.3 is 12.4 Å². The second kappa shape index (κ2) is 9.32. The van der Waals surface area contributed by atoms with Crippen LogP contribution >= 0.6 is 11.6 Å². The normalized spacial score (nSPS) is 17.7. The lowest BCUT2D eigenvalue weighted by Gasteiger charge is -2.46. The zero-order valence-corrected chi connectivity index (χ0v) is 17.2. The Hall–Kier alpha value is -2.24. The first-order valence-electron chi connectivity index (χ1n) is 9.54. The zero-order chi connectivity index (χ0) is 23.6. The highest BCUT2D eigenvalue weighted by molar-refractivity contribution is 6.30. The number of halogens is 7. The molecule has 0 aliphatic carbocycles. The highest BCUT2D eigenvalue weighted by Gasteiger charge is 2.75. The van der Waals surface area contributed by atoms with Crippen LogP contribution in [-0.2, 0) is 11.3 Å². The lowest BCUT2D eigenvalue weighted by Crippen LogP contribution is -2.76. The van der Waals surface area contributed by atoms with E-state index in [-0.39, 0.29) is 28.7 Å². The Bertz CT molecular complexity index is 880. The minimum Gasteiger partial charge on any atom is -0.468 e. The van der Waals surface area contributed by atoms with Gasteiger partial charge in [0.15, 0.2) is 0 Å². The average molecular weight is 485 g/mol. The fourth-order valence-corrected chi connectivity index (χ4v) is 3.65. The highest BCUT2D eigenvalue weighted by Crippen LogP contribution is 2.46. The fraction of sp³-hybridized carbons (Fsp3) is 0.450. The number of carbonyl (C=O) groups excluding carboxylic acids is 1. The smallest absolute Gasteiger partial charge is 0.434 e. The molecule has 0 bridgehead atoms. The number of ether oxygens (including phenoxy) is 1. The van der Waals surface area contributed by atoms with Crippen molar-refractivity contribution in [2.75, 3.05) is 13.2 Å². The Morgan fingerprint density at radius 2 is 1.75 bits per heavy atom. The number of rotatable bonds is 7. The van der Waals surface area contributed by atoms with Gasteiger partial charge in [-0.05, 0) is 49.2 Å². The van der Waals surface area contributed by atoms with Crippen LogP contribution in [0, 0.1) is 0 Å². The molecule has 0 spiro atoms. The fourth-order valence-electron chi connectivity index (χ4n) is 3.52. The number of amides is 1. The molecule has 1 fully saturated rings. The highest BCUT2D eigenvalue weighted by atomic mass is 35.5. The van der Waals surface area contributed by atoms with E-state index in [1.165, 1.54) is 29.6 Å². The van der Waals surface area contributed by atoms with Gasteiger partial charge in [0.1, 0.15) is 5.76 Å². The molecular weight excluding hydrogens is 466 g/mol. The lowest BCUT2D eigenvalue weighted by molar-refractivity contribution is -0.352. The van der Waals surface area contributed by atoms with Crippen molar-refractivity contribution >= 4 is 17.5 Å². The van der Waals surface area contributed by atoms with Gasteiger partial charge < -0.3 is 14.5 Å². The predicted molar refractivity (Wildman–Crippen MR) is 102 cm³/mol. The van der Waals surface area contributed by atoms with E-state index in [9.17, 15) is 31.1 Å². The molecule has 1 amide bonds. The summed E-state index contributed by atoms with van der Waals surface area (Å²) >= 11 is 5.70. The summed E-state index contributed by atoms with van der Waals surface area (Å²) in [6.45, 7) is -1.38. The van der Waals surface area contributed by atoms with Gasteiger partial charge in [0.05, 0.1) is 18.9 Å². The van der Waals surface area contributed by atoms with Crippen molar-refractivity contribution in [3.05, 3.63) is 59.0 Å². The number of hydrogen-bond acceptors (Lipinski definition) is 4. The maximum absolute atomic E-state index is 14.3. The SMILES string of the molecule is O=C(NC(N(Cc1ccco1)C[C@@H]1CCCO1)(C(F)(F)F)C(F)(F)F)c1ccc(Cl)cc1. The minimum absolute atomic E-state index is 0.107. The minimum atomic E-state index is -5.93. The molecule has 5 nitrogen and oxygen atoms in total. The number of nitrogens with zero attached hydrogens (tertiary/aromatic N) is 1. The largest absolute Gasteiger partial charge is 0.468 e. The molecule has 0 radical (unpaired) electrons. The van der Waals surface area contributed by atoms with Crippen LogP contribution in [0.15, 0.2) is 47.1 Å². The number of hydrogen-bond donors (Lipinski definition) is 1. The van der Waals surface area contributed by atoms with Crippen LogP contribution in [0.25, 0.3) is 0 Å². The van der Waals surface area contributed by atoms with Gasteiger partial charge in [-0.25, -0.2) is 0 Å². The maximum atomic E-state index is 14.3. The number of carbonyl (C=O) groups is 1. The first-order valence-corrected chi connectivity index (χ1v) is 9.92. The van der Waals surface area contributed by atoms with Gasteiger partial charge in [-0.15, -0.1) is 0 Å². The summed E-state index contributed by atoms with van der Waals surface area (Å²) in [5.41, 5.74) is -5.11. The first-order chi connectivity index (χ1) is 14.9. The molecule has 0 saturated carbocycles. The molecule has 1 aromatic carbocycles. The summed E-state index contributed by atoms with van der Waals surface area (Å²) in [5.74, 6) is -1.70. The van der Waals surface area contributed by atoms with E-state index in [1.54, 1.807) is 0 Å². The summed E-state index contributed by atoms with van der Waals surface area (Å²) in [6.07, 6.45) is -10.8. The molecule has 12 heteroatoms. The number of benzene rings is 1. The maximum Gasteiger partial charge on any atom is 0.434 e. The van der Waals surface area contributed by atoms with E-state index in [0.717, 1.165) is 18.4 Å². The Kier molecular flexibility index (Phi) is 7.11. The summed E-state index contributed by atoms with van der Waals surface area (Å²) in [7, 11) is 0. The number of nitrogens with one attached hydrogen (secondary N) is 1. The van der Waals surface area contributed by atoms with Gasteiger partial charge in [-0.1, -0.05) is 11.6 Å². The van der Waals surface area contributed by atoms with Crippen LogP contribution in [0.2, 0.25) is 5.02 Å². The van der Waals surface area contributed by atoms with E-state index < -0.39 is 48.7 Å². The topological polar surface area (TPSA) is 54.7 Å². The van der Waals surface area contributed by atoms with Crippen molar-refractivity contribution in [1.82, 2.24) is 10.2 Å². The summed E-state index contributed by atoms with van der Waals surface area (Å²) in [4.78, 5) is 12.7. The van der Waals surface area contributed by atoms with Crippen molar-refractivity contribution in [1.29, 1.82) is 0 Å². The molecule has 3 rings (SSSR count). The Morgan fingerprint density at radius 1 is 1.09 bits per heavy atom. The van der Waals surface area contributed by atoms with Crippen LogP contribution in [0.4, 0.5) is 26.3 Å². The standard InChI is InChI=1S/C20H19ClF6N2O3/c21-14-7-5-13(6-8-14)17(30)28-18(19(22,23)24,20(25,26)27)29(11-15-3-1-9-31-15)12-16-4-2-10-32-16/h1,3,5-9,16H,2,4,10-12H2,(H,28,30)/t16-/m0/s1. The second-order valence-electron chi connectivity index (χ2n) is 7.26. The summed E-state index contributed by atoms with van der Waals surface area (Å²) in [6, 6.07) is 7.03. The summed E-state index contributed by atoms with van der Waals surface area (Å²) < 4.78 is 96.1. The molecule has 2 heterocycles. The van der Waals surface area contributed by atoms with E-state index in [0.29, 0.717) is 6.42 Å². The molecule has 1 N–H and O–H groups in total. The molecule has 1 aromatic heterocycles. The molecule has 1 atom stereocenters. The second-order valence-corrected chi connectivity index (χ2v) is 7.70. The van der Waals surface area contributed by atoms with Gasteiger partial charge in [-0.2, -0.15) is 26.3 Å². The van der Waals surface area contributed by atoms with Crippen LogP contribution < -0.4 is 5.32 Å². The third-order valence-electron chi connectivity index (χ3n) is 5.07. The van der Waals surface area contributed by atoms with Gasteiger partial charge in [0, 0.05) is 23.7 Å². The Morgan fingerprint density at radius 3 is 2.25 bits per heavy atom. The van der Waals surface area contributed by atoms with Gasteiger partial charge in [-0.3, -0.25) is 9.69 Å². The van der Waals surface area contributed by atoms with Crippen LogP contribution in [0.5, 0.6) is 0 Å². The van der Waals surface area contributed by atoms with Crippen molar-refractivity contribution in [3.8, 4) is 0 Å². The molecule has 1 aliphatic rings. The predicted octanol–water partition coefficient (Wildman–Crippen LogP) is 5.16. The molecule has 1 saturated heterocycles. The van der Waals surface area contributed by atoms with Crippen LogP contribution in [-0.4, -0.2) is 48.1 Å². The van der Waals surface area contributed by atoms with Crippen LogP contribution in [0.3, 0.4) is 0 Å². The Balaban J connectivity index is 2.07. The third kappa shape index (κ3) is 5.05. The average Bonchev–Trinajstić information content (AvgIpc) is 3.38. The molecule has 176 valence electrons. The van der Waals surface area contributed by atoms with E-state index in [1.807, 2.05) is 0 Å². The van der Waals surface area contributed by atoms with Crippen molar-refractivity contribution in [3.63, 3.8) is 0 Å². The quantitative estimate of drug-likeness (QED) is 0.435. The molecule has 1 aliphatic heterocycles. The lowest BCUT2D eigenvalue weighted by atomic mass is 10.0. The molecule has 2 aromatic rings. The van der Waals surface area contributed by atoms with E-state index >= 15 is 0 Å². The Labute approximate surface area is 184 Å². The number of alkyl halides is 6. The molecule has 0 unspecified atom stereocenters. The van der Waals surface area contributed by atoms with Crippen molar-refractivity contribution in [2.24, 2.45) is 0 Å². The van der Waals surface area contributed by atoms with E-state index in [2.05, 4.69) is 0 Å². The van der Waals surface area contributed by atoms with Gasteiger partial charge in [0.25, 0.3) is 11.6 Å². The van der Waals surface area contributed by atoms with Crippen LogP contribution in [0.1, 0.15) is 29.0 Å². The van der Waals surface area contributed by atoms with Crippen molar-refractivity contribution < 1.29 is 40.3 Å². The first kappa shape index (κ1) is 24.4. The monoisotopic (exact) mass is 484 g/mol. The molecule has 32 heavy (non-hydrogen) atoms. The third-order valence-corrected chi connectivity index (χ3v) is 5.32. The van der Waals surface area contributed by atoms with Crippen molar-refractivity contribution in [2.45, 2.75) is 43.5 Å². The summed E-state index contributed by atoms with van der Waals surface area (Å²) in [5, 5.41) is 1.39. The van der Waals surface area contributed by atoms with E-state index in [4.69, 9.17) is 20.8 Å². The van der Waals surface area contributed by atoms with Gasteiger partial charge in [0.2, 0.25) is 0 Å². The number of furan rings is 1. The zero-order valence-electron chi connectivity index (χ0n) is 16.5.